The number of thiazole rings is 1. The highest BCUT2D eigenvalue weighted by Crippen LogP contribution is 2.27. The van der Waals surface area contributed by atoms with Gasteiger partial charge in [-0.15, -0.1) is 11.3 Å². The van der Waals surface area contributed by atoms with Crippen molar-refractivity contribution in [1.82, 2.24) is 20.3 Å². The lowest BCUT2D eigenvalue weighted by molar-refractivity contribution is 0.0958. The summed E-state index contributed by atoms with van der Waals surface area (Å²) in [5.74, 6) is 0.584. The van der Waals surface area contributed by atoms with Crippen molar-refractivity contribution in [1.29, 1.82) is 0 Å². The second-order valence-electron chi connectivity index (χ2n) is 5.07. The molecular formula is C17H17N5OS. The number of carbonyl (C=O) groups excluding carboxylic acids is 1. The second kappa shape index (κ2) is 7.65. The molecule has 0 spiro atoms. The number of benzene rings is 1. The number of hydrogen-bond donors (Lipinski definition) is 2. The molecule has 0 aliphatic carbocycles. The minimum Gasteiger partial charge on any atom is -0.367 e. The lowest BCUT2D eigenvalue weighted by Gasteiger charge is -2.06. The molecule has 0 radical (unpaired) electrons. The Morgan fingerprint density at radius 3 is 2.75 bits per heavy atom. The van der Waals surface area contributed by atoms with Gasteiger partial charge >= 0.3 is 0 Å². The Morgan fingerprint density at radius 2 is 2.00 bits per heavy atom. The van der Waals surface area contributed by atoms with Gasteiger partial charge in [-0.1, -0.05) is 30.3 Å². The van der Waals surface area contributed by atoms with Crippen LogP contribution in [0.3, 0.4) is 0 Å². The van der Waals surface area contributed by atoms with E-state index in [1.807, 2.05) is 37.3 Å². The van der Waals surface area contributed by atoms with Crippen molar-refractivity contribution < 1.29 is 4.79 Å². The molecule has 2 heterocycles. The summed E-state index contributed by atoms with van der Waals surface area (Å²) in [5.41, 5.74) is 1.77. The van der Waals surface area contributed by atoms with Gasteiger partial charge in [0, 0.05) is 31.0 Å². The van der Waals surface area contributed by atoms with E-state index in [1.165, 1.54) is 11.3 Å². The van der Waals surface area contributed by atoms with Crippen LogP contribution in [0.25, 0.3) is 10.6 Å². The first-order valence-corrected chi connectivity index (χ1v) is 8.36. The van der Waals surface area contributed by atoms with E-state index >= 15 is 0 Å². The van der Waals surface area contributed by atoms with Gasteiger partial charge in [-0.25, -0.2) is 9.97 Å². The molecule has 6 nitrogen and oxygen atoms in total. The van der Waals surface area contributed by atoms with Gasteiger partial charge in [-0.2, -0.15) is 0 Å². The van der Waals surface area contributed by atoms with Crippen molar-refractivity contribution in [3.8, 4) is 10.6 Å². The topological polar surface area (TPSA) is 79.8 Å². The molecule has 0 unspecified atom stereocenters. The summed E-state index contributed by atoms with van der Waals surface area (Å²) in [4.78, 5) is 25.6. The molecule has 0 fully saturated rings. The Balaban J connectivity index is 1.56. The summed E-state index contributed by atoms with van der Waals surface area (Å²) >= 11 is 1.41. The van der Waals surface area contributed by atoms with E-state index in [0.29, 0.717) is 23.8 Å². The van der Waals surface area contributed by atoms with Gasteiger partial charge < -0.3 is 10.6 Å². The van der Waals surface area contributed by atoms with E-state index in [4.69, 9.17) is 0 Å². The van der Waals surface area contributed by atoms with Gasteiger partial charge in [0.25, 0.3) is 5.91 Å². The van der Waals surface area contributed by atoms with Gasteiger partial charge in [0.1, 0.15) is 15.7 Å². The van der Waals surface area contributed by atoms with Gasteiger partial charge in [0.2, 0.25) is 0 Å². The van der Waals surface area contributed by atoms with E-state index < -0.39 is 0 Å². The first kappa shape index (κ1) is 16.1. The van der Waals surface area contributed by atoms with Crippen LogP contribution in [0, 0.1) is 6.92 Å². The highest BCUT2D eigenvalue weighted by Gasteiger charge is 2.15. The number of nitrogens with one attached hydrogen (secondary N) is 2. The summed E-state index contributed by atoms with van der Waals surface area (Å²) in [6.45, 7) is 2.93. The van der Waals surface area contributed by atoms with Crippen LogP contribution in [-0.4, -0.2) is 33.9 Å². The number of anilines is 1. The number of amides is 1. The SMILES string of the molecule is Cc1nc(-c2ccccc2)sc1C(=O)NCCNc1cnccn1. The maximum absolute atomic E-state index is 12.3. The van der Waals surface area contributed by atoms with Crippen LogP contribution in [0.2, 0.25) is 0 Å². The molecule has 122 valence electrons. The summed E-state index contributed by atoms with van der Waals surface area (Å²) in [7, 11) is 0. The standard InChI is InChI=1S/C17H17N5OS/c1-12-15(24-17(22-12)13-5-3-2-4-6-13)16(23)21-10-9-20-14-11-18-7-8-19-14/h2-8,11H,9-10H2,1H3,(H,19,20)(H,21,23). The molecule has 0 atom stereocenters. The molecule has 0 bridgehead atoms. The van der Waals surface area contributed by atoms with Crippen molar-refractivity contribution in [3.05, 3.63) is 59.5 Å². The minimum absolute atomic E-state index is 0.104. The largest absolute Gasteiger partial charge is 0.367 e. The third kappa shape index (κ3) is 3.94. The van der Waals surface area contributed by atoms with Gasteiger partial charge in [-0.3, -0.25) is 9.78 Å². The van der Waals surface area contributed by atoms with Gasteiger partial charge in [0.15, 0.2) is 0 Å². The molecule has 0 saturated heterocycles. The molecule has 24 heavy (non-hydrogen) atoms. The highest BCUT2D eigenvalue weighted by atomic mass is 32.1. The fourth-order valence-electron chi connectivity index (χ4n) is 2.15. The van der Waals surface area contributed by atoms with Gasteiger partial charge in [0.05, 0.1) is 11.9 Å². The van der Waals surface area contributed by atoms with E-state index in [2.05, 4.69) is 25.6 Å². The van der Waals surface area contributed by atoms with Crippen LogP contribution in [0.1, 0.15) is 15.4 Å². The minimum atomic E-state index is -0.104. The molecule has 1 aromatic carbocycles. The number of rotatable bonds is 6. The quantitative estimate of drug-likeness (QED) is 0.675. The molecular weight excluding hydrogens is 322 g/mol. The Hall–Kier alpha value is -2.80. The van der Waals surface area contributed by atoms with E-state index in [1.54, 1.807) is 18.6 Å². The zero-order valence-corrected chi connectivity index (χ0v) is 14.0. The van der Waals surface area contributed by atoms with Crippen LogP contribution < -0.4 is 10.6 Å². The molecule has 2 N–H and O–H groups in total. The van der Waals surface area contributed by atoms with Crippen LogP contribution in [0.4, 0.5) is 5.82 Å². The summed E-state index contributed by atoms with van der Waals surface area (Å²) in [6.07, 6.45) is 4.87. The molecule has 0 aliphatic heterocycles. The number of aromatic nitrogens is 3. The normalized spacial score (nSPS) is 10.4. The van der Waals surface area contributed by atoms with Gasteiger partial charge in [-0.05, 0) is 6.92 Å². The van der Waals surface area contributed by atoms with Crippen molar-refractivity contribution in [3.63, 3.8) is 0 Å². The van der Waals surface area contributed by atoms with Crippen LogP contribution in [-0.2, 0) is 0 Å². The summed E-state index contributed by atoms with van der Waals surface area (Å²) in [5, 5.41) is 6.85. The monoisotopic (exact) mass is 339 g/mol. The summed E-state index contributed by atoms with van der Waals surface area (Å²) in [6, 6.07) is 9.87. The number of aryl methyl sites for hydroxylation is 1. The average Bonchev–Trinajstić information content (AvgIpc) is 3.02. The Kier molecular flexibility index (Phi) is 5.12. The predicted octanol–water partition coefficient (Wildman–Crippen LogP) is 2.75. The molecule has 2 aromatic heterocycles. The lowest BCUT2D eigenvalue weighted by atomic mass is 10.2. The molecule has 3 rings (SSSR count). The van der Waals surface area contributed by atoms with Crippen molar-refractivity contribution in [2.45, 2.75) is 6.92 Å². The Labute approximate surface area is 144 Å². The fourth-order valence-corrected chi connectivity index (χ4v) is 3.14. The van der Waals surface area contributed by atoms with Crippen LogP contribution in [0.15, 0.2) is 48.9 Å². The molecule has 7 heteroatoms. The van der Waals surface area contributed by atoms with Crippen molar-refractivity contribution >= 4 is 23.1 Å². The average molecular weight is 339 g/mol. The predicted molar refractivity (Wildman–Crippen MR) is 95.1 cm³/mol. The van der Waals surface area contributed by atoms with E-state index in [0.717, 1.165) is 16.3 Å². The molecule has 3 aromatic rings. The van der Waals surface area contributed by atoms with E-state index in [9.17, 15) is 4.79 Å². The zero-order valence-electron chi connectivity index (χ0n) is 13.2. The van der Waals surface area contributed by atoms with Crippen LogP contribution >= 0.6 is 11.3 Å². The molecule has 0 saturated carbocycles. The third-order valence-electron chi connectivity index (χ3n) is 3.30. The fraction of sp³-hybridized carbons (Fsp3) is 0.176. The number of hydrogen-bond acceptors (Lipinski definition) is 6. The zero-order chi connectivity index (χ0) is 16.8. The Morgan fingerprint density at radius 1 is 1.17 bits per heavy atom. The molecule has 0 aliphatic rings. The van der Waals surface area contributed by atoms with Crippen LogP contribution in [0.5, 0.6) is 0 Å². The lowest BCUT2D eigenvalue weighted by Crippen LogP contribution is -2.28. The number of carbonyl (C=O) groups is 1. The smallest absolute Gasteiger partial charge is 0.263 e. The van der Waals surface area contributed by atoms with Crippen molar-refractivity contribution in [2.75, 3.05) is 18.4 Å². The first-order valence-electron chi connectivity index (χ1n) is 7.55. The third-order valence-corrected chi connectivity index (χ3v) is 4.51. The second-order valence-corrected chi connectivity index (χ2v) is 6.07. The summed E-state index contributed by atoms with van der Waals surface area (Å²) < 4.78 is 0. The molecule has 1 amide bonds. The number of nitrogens with zero attached hydrogens (tertiary/aromatic N) is 3. The maximum Gasteiger partial charge on any atom is 0.263 e. The maximum atomic E-state index is 12.3. The van der Waals surface area contributed by atoms with Crippen molar-refractivity contribution in [2.24, 2.45) is 0 Å². The Bertz CT molecular complexity index is 804. The van der Waals surface area contributed by atoms with E-state index in [-0.39, 0.29) is 5.91 Å². The first-order chi connectivity index (χ1) is 11.7. The highest BCUT2D eigenvalue weighted by molar-refractivity contribution is 7.17.